The van der Waals surface area contributed by atoms with Gasteiger partial charge in [0, 0.05) is 12.6 Å². The maximum Gasteiger partial charge on any atom is 0.238 e. The molecule has 0 unspecified atom stereocenters. The summed E-state index contributed by atoms with van der Waals surface area (Å²) in [5.74, 6) is -0.452. The number of unbranched alkanes of at least 4 members (excludes halogenated alkanes) is 1. The Morgan fingerprint density at radius 2 is 2.09 bits per heavy atom. The van der Waals surface area contributed by atoms with E-state index in [2.05, 4.69) is 20.8 Å². The van der Waals surface area contributed by atoms with Gasteiger partial charge in [-0.1, -0.05) is 26.2 Å². The van der Waals surface area contributed by atoms with Crippen LogP contribution in [0.4, 0.5) is 0 Å². The molecule has 1 aliphatic rings. The van der Waals surface area contributed by atoms with E-state index >= 15 is 0 Å². The number of tetrazole rings is 1. The maximum atomic E-state index is 12.5. The molecule has 8 nitrogen and oxygen atoms in total. The van der Waals surface area contributed by atoms with Gasteiger partial charge in [0.25, 0.3) is 0 Å². The van der Waals surface area contributed by atoms with Crippen LogP contribution in [0.2, 0.25) is 0 Å². The number of carbonyl (C=O) groups excluding carboxylic acids is 1. The first-order valence-electron chi connectivity index (χ1n) is 8.21. The second-order valence-corrected chi connectivity index (χ2v) is 8.43. The maximum absolute atomic E-state index is 12.5. The van der Waals surface area contributed by atoms with Crippen molar-refractivity contribution in [1.82, 2.24) is 25.5 Å². The Labute approximate surface area is 136 Å². The zero-order valence-corrected chi connectivity index (χ0v) is 14.5. The van der Waals surface area contributed by atoms with E-state index in [0.29, 0.717) is 12.4 Å². The number of rotatable bonds is 8. The van der Waals surface area contributed by atoms with Crippen LogP contribution < -0.4 is 5.32 Å². The van der Waals surface area contributed by atoms with Crippen LogP contribution in [0.15, 0.2) is 0 Å². The number of sulfone groups is 1. The van der Waals surface area contributed by atoms with E-state index in [1.54, 1.807) is 0 Å². The van der Waals surface area contributed by atoms with E-state index in [4.69, 9.17) is 0 Å². The van der Waals surface area contributed by atoms with E-state index < -0.39 is 21.0 Å². The molecule has 1 fully saturated rings. The van der Waals surface area contributed by atoms with Crippen LogP contribution in [0.1, 0.15) is 58.2 Å². The predicted octanol–water partition coefficient (Wildman–Crippen LogP) is 0.835. The highest BCUT2D eigenvalue weighted by Crippen LogP contribution is 2.18. The minimum Gasteiger partial charge on any atom is -0.352 e. The van der Waals surface area contributed by atoms with Crippen LogP contribution in [-0.2, 0) is 26.9 Å². The molecule has 23 heavy (non-hydrogen) atoms. The second-order valence-electron chi connectivity index (χ2n) is 6.11. The number of aromatic nitrogens is 4. The molecule has 1 N–H and O–H groups in total. The Hall–Kier alpha value is -1.51. The fourth-order valence-corrected chi connectivity index (χ4v) is 3.88. The summed E-state index contributed by atoms with van der Waals surface area (Å²) < 4.78 is 26.4. The van der Waals surface area contributed by atoms with Gasteiger partial charge in [0.05, 0.1) is 0 Å². The molecule has 1 amide bonds. The van der Waals surface area contributed by atoms with Gasteiger partial charge in [-0.2, -0.15) is 0 Å². The third-order valence-corrected chi connectivity index (χ3v) is 6.22. The summed E-state index contributed by atoms with van der Waals surface area (Å²) in [5.41, 5.74) is 0. The minimum absolute atomic E-state index is 0.107. The first kappa shape index (κ1) is 17.8. The van der Waals surface area contributed by atoms with E-state index in [1.807, 2.05) is 6.92 Å². The Balaban J connectivity index is 1.99. The third kappa shape index (κ3) is 4.73. The standard InChI is InChI=1S/C14H25N5O3S/c1-3-4-9-19-13(16-17-18-19)10-23(21,22)11(2)14(20)15-12-7-5-6-8-12/h11-12H,3-10H2,1-2H3,(H,15,20)/t11-/m0/s1. The molecule has 1 aromatic rings. The molecule has 1 atom stereocenters. The Bertz CT molecular complexity index is 622. The van der Waals surface area contributed by atoms with Gasteiger partial charge in [-0.05, 0) is 36.6 Å². The van der Waals surface area contributed by atoms with Gasteiger partial charge >= 0.3 is 0 Å². The van der Waals surface area contributed by atoms with E-state index in [-0.39, 0.29) is 11.8 Å². The van der Waals surface area contributed by atoms with Crippen LogP contribution in [0, 0.1) is 0 Å². The molecule has 0 bridgehead atoms. The number of nitrogens with zero attached hydrogens (tertiary/aromatic N) is 4. The van der Waals surface area contributed by atoms with Crippen molar-refractivity contribution >= 4 is 15.7 Å². The summed E-state index contributed by atoms with van der Waals surface area (Å²) in [6.45, 7) is 4.05. The number of hydrogen-bond donors (Lipinski definition) is 1. The highest BCUT2D eigenvalue weighted by molar-refractivity contribution is 7.92. The molecule has 0 radical (unpaired) electrons. The van der Waals surface area contributed by atoms with E-state index in [9.17, 15) is 13.2 Å². The average Bonchev–Trinajstić information content (AvgIpc) is 3.16. The van der Waals surface area contributed by atoms with Crippen molar-refractivity contribution < 1.29 is 13.2 Å². The third-order valence-electron chi connectivity index (χ3n) is 4.27. The van der Waals surface area contributed by atoms with Crippen molar-refractivity contribution in [3.63, 3.8) is 0 Å². The summed E-state index contributed by atoms with van der Waals surface area (Å²) in [6.07, 6.45) is 5.85. The fourth-order valence-electron chi connectivity index (χ4n) is 2.66. The first-order valence-corrected chi connectivity index (χ1v) is 9.92. The number of amides is 1. The zero-order chi connectivity index (χ0) is 16.9. The van der Waals surface area contributed by atoms with Crippen LogP contribution in [-0.4, -0.2) is 45.8 Å². The molecule has 1 heterocycles. The van der Waals surface area contributed by atoms with E-state index in [0.717, 1.165) is 38.5 Å². The molecule has 1 saturated carbocycles. The summed E-state index contributed by atoms with van der Waals surface area (Å²) >= 11 is 0. The summed E-state index contributed by atoms with van der Waals surface area (Å²) in [7, 11) is -3.65. The smallest absolute Gasteiger partial charge is 0.238 e. The molecular weight excluding hydrogens is 318 g/mol. The number of carbonyl (C=O) groups is 1. The van der Waals surface area contributed by atoms with Crippen LogP contribution in [0.3, 0.4) is 0 Å². The van der Waals surface area contributed by atoms with Crippen molar-refractivity contribution in [3.8, 4) is 0 Å². The van der Waals surface area contributed by atoms with Gasteiger partial charge in [-0.15, -0.1) is 5.10 Å². The Morgan fingerprint density at radius 1 is 1.39 bits per heavy atom. The predicted molar refractivity (Wildman–Crippen MR) is 85.2 cm³/mol. The van der Waals surface area contributed by atoms with Gasteiger partial charge in [-0.25, -0.2) is 13.1 Å². The number of nitrogens with one attached hydrogen (secondary N) is 1. The molecular formula is C14H25N5O3S. The van der Waals surface area contributed by atoms with Crippen molar-refractivity contribution in [2.75, 3.05) is 0 Å². The van der Waals surface area contributed by atoms with Crippen molar-refractivity contribution in [2.45, 2.75) is 76.0 Å². The molecule has 9 heteroatoms. The van der Waals surface area contributed by atoms with Gasteiger partial charge < -0.3 is 5.32 Å². The molecule has 2 rings (SSSR count). The largest absolute Gasteiger partial charge is 0.352 e. The van der Waals surface area contributed by atoms with Crippen LogP contribution >= 0.6 is 0 Å². The summed E-state index contributed by atoms with van der Waals surface area (Å²) in [5, 5.41) is 12.9. The lowest BCUT2D eigenvalue weighted by Gasteiger charge is -2.17. The quantitative estimate of drug-likeness (QED) is 0.749. The van der Waals surface area contributed by atoms with Crippen molar-refractivity contribution in [2.24, 2.45) is 0 Å². The normalized spacial score (nSPS) is 17.3. The lowest BCUT2D eigenvalue weighted by Crippen LogP contribution is -2.42. The average molecular weight is 343 g/mol. The van der Waals surface area contributed by atoms with Crippen molar-refractivity contribution in [3.05, 3.63) is 5.82 Å². The van der Waals surface area contributed by atoms with Gasteiger partial charge in [0.15, 0.2) is 15.7 Å². The van der Waals surface area contributed by atoms with Gasteiger partial charge in [0.2, 0.25) is 5.91 Å². The van der Waals surface area contributed by atoms with Crippen molar-refractivity contribution in [1.29, 1.82) is 0 Å². The molecule has 1 aromatic heterocycles. The van der Waals surface area contributed by atoms with Crippen LogP contribution in [0.25, 0.3) is 0 Å². The number of hydrogen-bond acceptors (Lipinski definition) is 6. The monoisotopic (exact) mass is 343 g/mol. The Kier molecular flexibility index (Phi) is 6.09. The van der Waals surface area contributed by atoms with Gasteiger partial charge in [0.1, 0.15) is 11.0 Å². The SMILES string of the molecule is CCCCn1nnnc1CS(=O)(=O)[C@@H](C)C(=O)NC1CCCC1. The lowest BCUT2D eigenvalue weighted by molar-refractivity contribution is -0.121. The molecule has 0 spiro atoms. The van der Waals surface area contributed by atoms with Crippen LogP contribution in [0.5, 0.6) is 0 Å². The molecule has 0 aromatic carbocycles. The van der Waals surface area contributed by atoms with E-state index in [1.165, 1.54) is 11.6 Å². The second kappa shape index (κ2) is 7.85. The highest BCUT2D eigenvalue weighted by atomic mass is 32.2. The summed E-state index contributed by atoms with van der Waals surface area (Å²) in [6, 6.07) is 0.107. The number of aryl methyl sites for hydroxylation is 1. The molecule has 0 saturated heterocycles. The zero-order valence-electron chi connectivity index (χ0n) is 13.7. The summed E-state index contributed by atoms with van der Waals surface area (Å²) in [4.78, 5) is 12.2. The van der Waals surface area contributed by atoms with Gasteiger partial charge in [-0.3, -0.25) is 4.79 Å². The molecule has 1 aliphatic carbocycles. The Morgan fingerprint density at radius 3 is 2.74 bits per heavy atom. The topological polar surface area (TPSA) is 107 Å². The minimum atomic E-state index is -3.65. The highest BCUT2D eigenvalue weighted by Gasteiger charge is 2.31. The molecule has 0 aliphatic heterocycles. The fraction of sp³-hybridized carbons (Fsp3) is 0.857. The first-order chi connectivity index (χ1) is 10.9. The molecule has 130 valence electrons. The lowest BCUT2D eigenvalue weighted by atomic mass is 10.2.